The second-order valence-electron chi connectivity index (χ2n) is 5.58. The minimum atomic E-state index is -0.264. The number of aromatic nitrogens is 2. The fourth-order valence-corrected chi connectivity index (χ4v) is 2.97. The van der Waals surface area contributed by atoms with E-state index in [-0.39, 0.29) is 5.56 Å². The molecule has 0 spiro atoms. The molecular weight excluding hydrogens is 411 g/mol. The van der Waals surface area contributed by atoms with Gasteiger partial charge in [-0.15, -0.1) is 0 Å². The minimum Gasteiger partial charge on any atom is -0.495 e. The van der Waals surface area contributed by atoms with Crippen LogP contribution in [0.15, 0.2) is 46.3 Å². The largest absolute Gasteiger partial charge is 0.495 e. The number of hydrogen-bond acceptors (Lipinski definition) is 4. The van der Waals surface area contributed by atoms with E-state index in [0.29, 0.717) is 43.4 Å². The molecule has 0 saturated carbocycles. The fourth-order valence-electron chi connectivity index (χ4n) is 2.44. The van der Waals surface area contributed by atoms with E-state index in [1.165, 1.54) is 18.0 Å². The Morgan fingerprint density at radius 1 is 1.19 bits per heavy atom. The van der Waals surface area contributed by atoms with Crippen LogP contribution < -0.4 is 15.7 Å². The van der Waals surface area contributed by atoms with E-state index in [9.17, 15) is 4.79 Å². The van der Waals surface area contributed by atoms with Crippen LogP contribution in [0.5, 0.6) is 5.75 Å². The molecule has 27 heavy (non-hydrogen) atoms. The van der Waals surface area contributed by atoms with Gasteiger partial charge in [-0.2, -0.15) is 5.10 Å². The zero-order valence-electron chi connectivity index (χ0n) is 14.4. The summed E-state index contributed by atoms with van der Waals surface area (Å²) < 4.78 is 6.59. The van der Waals surface area contributed by atoms with Gasteiger partial charge in [-0.25, -0.2) is 4.68 Å². The lowest BCUT2D eigenvalue weighted by molar-refractivity contribution is 0.414. The Morgan fingerprint density at radius 2 is 1.96 bits per heavy atom. The molecule has 9 heteroatoms. The van der Waals surface area contributed by atoms with Gasteiger partial charge in [0.25, 0.3) is 5.56 Å². The maximum atomic E-state index is 12.7. The Morgan fingerprint density at radius 3 is 2.70 bits per heavy atom. The highest BCUT2D eigenvalue weighted by Gasteiger charge is 2.12. The normalized spacial score (nSPS) is 11.1. The average Bonchev–Trinajstić information content (AvgIpc) is 2.93. The number of halogens is 3. The summed E-state index contributed by atoms with van der Waals surface area (Å²) in [5.41, 5.74) is 4.70. The number of nitrogens with zero attached hydrogens (tertiary/aromatic N) is 2. The van der Waals surface area contributed by atoms with Gasteiger partial charge >= 0.3 is 0 Å². The van der Waals surface area contributed by atoms with Crippen molar-refractivity contribution in [1.82, 2.24) is 9.78 Å². The lowest BCUT2D eigenvalue weighted by Gasteiger charge is -2.06. The molecule has 140 valence electrons. The molecule has 0 atom stereocenters. The van der Waals surface area contributed by atoms with Crippen LogP contribution >= 0.6 is 34.8 Å². The van der Waals surface area contributed by atoms with Gasteiger partial charge in [0.15, 0.2) is 0 Å². The quantitative estimate of drug-likeness (QED) is 0.452. The van der Waals surface area contributed by atoms with Crippen molar-refractivity contribution in [3.63, 3.8) is 0 Å². The maximum absolute atomic E-state index is 12.7. The summed E-state index contributed by atoms with van der Waals surface area (Å²) in [6.45, 7) is 1.78. The molecule has 0 unspecified atom stereocenters. The van der Waals surface area contributed by atoms with Crippen LogP contribution in [0.1, 0.15) is 11.3 Å². The molecule has 0 aliphatic rings. The number of hydrazone groups is 1. The van der Waals surface area contributed by atoms with E-state index >= 15 is 0 Å². The van der Waals surface area contributed by atoms with Crippen LogP contribution in [0.4, 0.5) is 5.69 Å². The number of rotatable bonds is 5. The van der Waals surface area contributed by atoms with E-state index in [2.05, 4.69) is 15.6 Å². The zero-order valence-corrected chi connectivity index (χ0v) is 16.7. The van der Waals surface area contributed by atoms with Gasteiger partial charge in [0.05, 0.1) is 45.3 Å². The molecule has 0 saturated heterocycles. The maximum Gasteiger partial charge on any atom is 0.280 e. The molecular formula is C18H15Cl3N4O2. The van der Waals surface area contributed by atoms with Gasteiger partial charge in [-0.3, -0.25) is 15.3 Å². The third kappa shape index (κ3) is 3.98. The van der Waals surface area contributed by atoms with Crippen molar-refractivity contribution in [3.05, 3.63) is 73.1 Å². The Kier molecular flexibility index (Phi) is 5.79. The molecule has 3 aromatic rings. The summed E-state index contributed by atoms with van der Waals surface area (Å²) >= 11 is 18.1. The highest BCUT2D eigenvalue weighted by molar-refractivity contribution is 6.43. The molecule has 0 fully saturated rings. The van der Waals surface area contributed by atoms with Crippen LogP contribution in [-0.4, -0.2) is 23.1 Å². The number of H-pyrrole nitrogens is 1. The molecule has 2 N–H and O–H groups in total. The predicted octanol–water partition coefficient (Wildman–Crippen LogP) is 4.89. The highest BCUT2D eigenvalue weighted by Crippen LogP contribution is 2.29. The average molecular weight is 426 g/mol. The number of ether oxygens (including phenoxy) is 1. The van der Waals surface area contributed by atoms with Gasteiger partial charge in [0.1, 0.15) is 5.75 Å². The first-order valence-corrected chi connectivity index (χ1v) is 8.94. The van der Waals surface area contributed by atoms with Gasteiger partial charge in [0, 0.05) is 11.8 Å². The Bertz CT molecular complexity index is 1070. The molecule has 0 amide bonds. The van der Waals surface area contributed by atoms with E-state index in [1.54, 1.807) is 43.3 Å². The van der Waals surface area contributed by atoms with Crippen LogP contribution in [-0.2, 0) is 0 Å². The predicted molar refractivity (Wildman–Crippen MR) is 110 cm³/mol. The van der Waals surface area contributed by atoms with Gasteiger partial charge < -0.3 is 4.74 Å². The van der Waals surface area contributed by atoms with Crippen LogP contribution in [0.25, 0.3) is 5.69 Å². The molecule has 3 rings (SSSR count). The van der Waals surface area contributed by atoms with Crippen molar-refractivity contribution in [1.29, 1.82) is 0 Å². The van der Waals surface area contributed by atoms with E-state index in [4.69, 9.17) is 39.5 Å². The third-order valence-electron chi connectivity index (χ3n) is 3.84. The van der Waals surface area contributed by atoms with Crippen molar-refractivity contribution >= 4 is 46.7 Å². The Labute approximate surface area is 170 Å². The Hall–Kier alpha value is -2.41. The first-order valence-electron chi connectivity index (χ1n) is 7.81. The van der Waals surface area contributed by atoms with E-state index in [0.717, 1.165) is 0 Å². The fraction of sp³-hybridized carbons (Fsp3) is 0.111. The smallest absolute Gasteiger partial charge is 0.280 e. The lowest BCUT2D eigenvalue weighted by atomic mass is 10.3. The van der Waals surface area contributed by atoms with Gasteiger partial charge in [0.2, 0.25) is 0 Å². The summed E-state index contributed by atoms with van der Waals surface area (Å²) in [6, 6.07) is 10.2. The summed E-state index contributed by atoms with van der Waals surface area (Å²) in [4.78, 5) is 12.7. The number of methoxy groups -OCH3 is 1. The monoisotopic (exact) mass is 424 g/mol. The number of hydrogen-bond donors (Lipinski definition) is 2. The van der Waals surface area contributed by atoms with E-state index < -0.39 is 0 Å². The van der Waals surface area contributed by atoms with Crippen molar-refractivity contribution in [2.24, 2.45) is 5.10 Å². The minimum absolute atomic E-state index is 0.264. The molecule has 0 bridgehead atoms. The van der Waals surface area contributed by atoms with Crippen molar-refractivity contribution in [3.8, 4) is 11.4 Å². The zero-order chi connectivity index (χ0) is 19.6. The highest BCUT2D eigenvalue weighted by atomic mass is 35.5. The van der Waals surface area contributed by atoms with Gasteiger partial charge in [-0.1, -0.05) is 40.9 Å². The van der Waals surface area contributed by atoms with Crippen LogP contribution in [0, 0.1) is 6.92 Å². The number of nitrogens with one attached hydrogen (secondary N) is 2. The molecule has 6 nitrogen and oxygen atoms in total. The molecule has 0 radical (unpaired) electrons. The number of aromatic amines is 1. The van der Waals surface area contributed by atoms with Crippen molar-refractivity contribution in [2.45, 2.75) is 6.92 Å². The molecule has 0 aliphatic heterocycles. The van der Waals surface area contributed by atoms with Gasteiger partial charge in [-0.05, 0) is 31.2 Å². The Balaban J connectivity index is 1.90. The molecule has 1 heterocycles. The first-order chi connectivity index (χ1) is 12.9. The summed E-state index contributed by atoms with van der Waals surface area (Å²) in [5.74, 6) is 0.473. The van der Waals surface area contributed by atoms with Crippen molar-refractivity contribution in [2.75, 3.05) is 12.5 Å². The lowest BCUT2D eigenvalue weighted by Crippen LogP contribution is -2.17. The number of anilines is 1. The second-order valence-corrected chi connectivity index (χ2v) is 6.77. The standard InChI is InChI=1S/C18H15Cl3N4O2/c1-10-12(9-22-23-15-5-3-4-14(20)17(15)21)18(26)25(24-10)11-6-7-13(19)16(8-11)27-2/h3-9,23-24H,1-2H3. The summed E-state index contributed by atoms with van der Waals surface area (Å²) in [7, 11) is 1.51. The van der Waals surface area contributed by atoms with Crippen molar-refractivity contribution < 1.29 is 4.74 Å². The second kappa shape index (κ2) is 8.08. The molecule has 2 aromatic carbocycles. The topological polar surface area (TPSA) is 71.4 Å². The number of benzene rings is 2. The molecule has 1 aromatic heterocycles. The number of aryl methyl sites for hydroxylation is 1. The molecule has 0 aliphatic carbocycles. The third-order valence-corrected chi connectivity index (χ3v) is 4.97. The first kappa shape index (κ1) is 19.4. The summed E-state index contributed by atoms with van der Waals surface area (Å²) in [5, 5.41) is 8.33. The van der Waals surface area contributed by atoms with E-state index in [1.807, 2.05) is 0 Å². The SMILES string of the molecule is COc1cc(-n2[nH]c(C)c(C=NNc3cccc(Cl)c3Cl)c2=O)ccc1Cl. The van der Waals surface area contributed by atoms with Crippen LogP contribution in [0.3, 0.4) is 0 Å². The van der Waals surface area contributed by atoms with Crippen LogP contribution in [0.2, 0.25) is 15.1 Å². The summed E-state index contributed by atoms with van der Waals surface area (Å²) in [6.07, 6.45) is 1.43.